The topological polar surface area (TPSA) is 72.9 Å². The van der Waals surface area contributed by atoms with Crippen LogP contribution < -0.4 is 9.80 Å². The lowest BCUT2D eigenvalue weighted by molar-refractivity contribution is 0.187. The predicted octanol–water partition coefficient (Wildman–Crippen LogP) is 6.55. The van der Waals surface area contributed by atoms with Crippen LogP contribution >= 0.6 is 0 Å². The number of urea groups is 2. The van der Waals surface area contributed by atoms with Gasteiger partial charge in [0, 0.05) is 54.8 Å². The molecule has 3 aliphatic heterocycles. The van der Waals surface area contributed by atoms with E-state index in [0.29, 0.717) is 18.4 Å². The highest BCUT2D eigenvalue weighted by molar-refractivity contribution is 5.94. The molecule has 0 radical (unpaired) electrons. The molecule has 8 nitrogen and oxygen atoms in total. The Bertz CT molecular complexity index is 1890. The van der Waals surface area contributed by atoms with Crippen LogP contribution in [0.3, 0.4) is 0 Å². The number of nitrogens with zero attached hydrogens (tertiary/aromatic N) is 6. The number of carbonyl (C=O) groups is 2. The third-order valence-electron chi connectivity index (χ3n) is 8.84. The van der Waals surface area contributed by atoms with Crippen LogP contribution in [0.2, 0.25) is 0 Å². The van der Waals surface area contributed by atoms with E-state index in [2.05, 4.69) is 33.6 Å². The third-order valence-corrected chi connectivity index (χ3v) is 8.84. The van der Waals surface area contributed by atoms with Crippen molar-refractivity contribution >= 4 is 23.7 Å². The van der Waals surface area contributed by atoms with E-state index in [4.69, 9.17) is 0 Å². The summed E-state index contributed by atoms with van der Waals surface area (Å²) in [6.45, 7) is 6.26. The normalized spacial score (nSPS) is 17.9. The maximum atomic E-state index is 12.9. The van der Waals surface area contributed by atoms with Crippen molar-refractivity contribution in [2.45, 2.75) is 44.7 Å². The van der Waals surface area contributed by atoms with Crippen LogP contribution in [0, 0.1) is 29.5 Å². The Morgan fingerprint density at radius 3 is 1.81 bits per heavy atom. The predicted molar refractivity (Wildman–Crippen MR) is 185 cm³/mol. The lowest BCUT2D eigenvalue weighted by Crippen LogP contribution is -2.38. The Kier molecular flexibility index (Phi) is 9.40. The maximum Gasteiger partial charge on any atom is 0.326 e. The highest BCUT2D eigenvalue weighted by Crippen LogP contribution is 2.29. The number of amides is 4. The van der Waals surface area contributed by atoms with Gasteiger partial charge in [-0.05, 0) is 93.8 Å². The molecule has 3 saturated heterocycles. The molecule has 2 aromatic carbocycles. The van der Waals surface area contributed by atoms with Crippen molar-refractivity contribution in [3.63, 3.8) is 0 Å². The molecule has 0 aliphatic carbocycles. The first-order chi connectivity index (χ1) is 23.2. The van der Waals surface area contributed by atoms with Gasteiger partial charge in [-0.1, -0.05) is 41.9 Å². The number of likely N-dealkylation sites (N-methyl/N-ethyl adjacent to an activating group) is 1. The molecule has 7 rings (SSSR count). The van der Waals surface area contributed by atoms with Gasteiger partial charge in [0.05, 0.1) is 18.1 Å². The van der Waals surface area contributed by atoms with Crippen molar-refractivity contribution in [1.29, 1.82) is 0 Å². The summed E-state index contributed by atoms with van der Waals surface area (Å²) in [4.78, 5) is 40.8. The molecule has 1 unspecified atom stereocenters. The summed E-state index contributed by atoms with van der Waals surface area (Å²) in [5.41, 5.74) is 3.08. The van der Waals surface area contributed by atoms with Gasteiger partial charge in [-0.25, -0.2) is 23.9 Å². The number of aromatic nitrogens is 2. The Balaban J connectivity index is 0.000000167. The lowest BCUT2D eigenvalue weighted by atomic mass is 10.0. The zero-order valence-electron chi connectivity index (χ0n) is 27.4. The Morgan fingerprint density at radius 1 is 0.708 bits per heavy atom. The number of hydrogen-bond acceptors (Lipinski definition) is 4. The van der Waals surface area contributed by atoms with Gasteiger partial charge < -0.3 is 9.80 Å². The summed E-state index contributed by atoms with van der Waals surface area (Å²) in [5.74, 6) is 13.2. The standard InChI is InChI=1S/C20H19N3O.C19H18FN3O/c24-20-22-13-5-4-8-18(22)15-23(20)19-12-11-17(14-21-19)10-9-16-6-2-1-3-7-16;1-19(2)13-23(18(24)22(19)3)17-11-8-15(12-21-17)5-4-14-6-9-16(20)10-7-14/h1-3,6-7,11-12,14,18H,4-5,8,13,15H2;6-12H,13H2,1-3H3. The van der Waals surface area contributed by atoms with Gasteiger partial charge in [0.1, 0.15) is 17.5 Å². The van der Waals surface area contributed by atoms with Crippen molar-refractivity contribution in [3.8, 4) is 23.7 Å². The third kappa shape index (κ3) is 7.32. The molecule has 242 valence electrons. The summed E-state index contributed by atoms with van der Waals surface area (Å²) in [6.07, 6.45) is 6.81. The first kappa shape index (κ1) is 32.3. The highest BCUT2D eigenvalue weighted by Gasteiger charge is 2.42. The van der Waals surface area contributed by atoms with Gasteiger partial charge in [-0.3, -0.25) is 9.80 Å². The SMILES string of the molecule is CN1C(=O)N(c2ccc(C#Cc3ccc(F)cc3)cn2)CC1(C)C.O=C1N(c2ccc(C#Cc3ccccc3)cn2)CC2CCCCN12. The van der Waals surface area contributed by atoms with E-state index in [1.807, 2.05) is 67.3 Å². The molecule has 4 amide bonds. The quantitative estimate of drug-likeness (QED) is 0.233. The molecule has 1 atom stereocenters. The number of rotatable bonds is 2. The first-order valence-corrected chi connectivity index (χ1v) is 16.1. The number of benzene rings is 2. The monoisotopic (exact) mass is 640 g/mol. The minimum atomic E-state index is -0.283. The minimum absolute atomic E-state index is 0.0577. The smallest absolute Gasteiger partial charge is 0.320 e. The lowest BCUT2D eigenvalue weighted by Gasteiger charge is -2.27. The van der Waals surface area contributed by atoms with Crippen molar-refractivity contribution in [2.75, 3.05) is 36.5 Å². The second-order valence-corrected chi connectivity index (χ2v) is 12.7. The van der Waals surface area contributed by atoms with E-state index in [1.54, 1.807) is 52.3 Å². The van der Waals surface area contributed by atoms with Crippen LogP contribution in [0.25, 0.3) is 0 Å². The van der Waals surface area contributed by atoms with Crippen LogP contribution in [-0.2, 0) is 0 Å². The zero-order chi connectivity index (χ0) is 33.7. The molecule has 48 heavy (non-hydrogen) atoms. The van der Waals surface area contributed by atoms with Gasteiger partial charge in [0.15, 0.2) is 0 Å². The number of halogens is 1. The number of hydrogen-bond donors (Lipinski definition) is 0. The molecule has 0 spiro atoms. The number of fused-ring (bicyclic) bond motifs is 1. The van der Waals surface area contributed by atoms with E-state index in [9.17, 15) is 14.0 Å². The van der Waals surface area contributed by atoms with Gasteiger partial charge >= 0.3 is 12.1 Å². The molecular formula is C39H37FN6O2. The second kappa shape index (κ2) is 14.0. The summed E-state index contributed by atoms with van der Waals surface area (Å²) < 4.78 is 12.9. The largest absolute Gasteiger partial charge is 0.326 e. The fourth-order valence-electron chi connectivity index (χ4n) is 5.84. The first-order valence-electron chi connectivity index (χ1n) is 16.1. The van der Waals surface area contributed by atoms with Crippen LogP contribution in [0.4, 0.5) is 25.6 Å². The molecule has 3 fully saturated rings. The summed E-state index contributed by atoms with van der Waals surface area (Å²) in [5, 5.41) is 0. The summed E-state index contributed by atoms with van der Waals surface area (Å²) in [7, 11) is 1.80. The molecule has 0 bridgehead atoms. The van der Waals surface area contributed by atoms with Crippen LogP contribution in [-0.4, -0.2) is 70.1 Å². The van der Waals surface area contributed by atoms with Crippen LogP contribution in [0.5, 0.6) is 0 Å². The number of piperidine rings is 1. The van der Waals surface area contributed by atoms with Gasteiger partial charge in [-0.2, -0.15) is 0 Å². The molecule has 0 saturated carbocycles. The fourth-order valence-corrected chi connectivity index (χ4v) is 5.84. The molecule has 3 aliphatic rings. The molecular weight excluding hydrogens is 603 g/mol. The van der Waals surface area contributed by atoms with E-state index in [0.717, 1.165) is 54.0 Å². The number of anilines is 2. The maximum absolute atomic E-state index is 12.9. The summed E-state index contributed by atoms with van der Waals surface area (Å²) in [6, 6.07) is 23.7. The number of pyridine rings is 2. The molecule has 4 aromatic rings. The number of carbonyl (C=O) groups excluding carboxylic acids is 2. The van der Waals surface area contributed by atoms with Gasteiger partial charge in [-0.15, -0.1) is 0 Å². The average molecular weight is 641 g/mol. The van der Waals surface area contributed by atoms with E-state index in [-0.39, 0.29) is 23.4 Å². The van der Waals surface area contributed by atoms with Crippen molar-refractivity contribution < 1.29 is 14.0 Å². The van der Waals surface area contributed by atoms with E-state index >= 15 is 0 Å². The van der Waals surface area contributed by atoms with Crippen molar-refractivity contribution in [3.05, 3.63) is 119 Å². The van der Waals surface area contributed by atoms with E-state index in [1.165, 1.54) is 18.6 Å². The van der Waals surface area contributed by atoms with Crippen LogP contribution in [0.15, 0.2) is 91.3 Å². The van der Waals surface area contributed by atoms with Crippen molar-refractivity contribution in [1.82, 2.24) is 19.8 Å². The molecule has 2 aromatic heterocycles. The van der Waals surface area contributed by atoms with Crippen molar-refractivity contribution in [2.24, 2.45) is 0 Å². The molecule has 5 heterocycles. The average Bonchev–Trinajstić information content (AvgIpc) is 3.56. The minimum Gasteiger partial charge on any atom is -0.320 e. The van der Waals surface area contributed by atoms with Gasteiger partial charge in [0.25, 0.3) is 0 Å². The fraction of sp³-hybridized carbons (Fsp3) is 0.282. The second-order valence-electron chi connectivity index (χ2n) is 12.7. The molecule has 0 N–H and O–H groups in total. The van der Waals surface area contributed by atoms with Gasteiger partial charge in [0.2, 0.25) is 0 Å². The summed E-state index contributed by atoms with van der Waals surface area (Å²) >= 11 is 0. The Hall–Kier alpha value is -5.67. The zero-order valence-corrected chi connectivity index (χ0v) is 27.4. The Labute approximate surface area is 281 Å². The molecule has 9 heteroatoms. The highest BCUT2D eigenvalue weighted by atomic mass is 19.1. The Morgan fingerprint density at radius 2 is 1.27 bits per heavy atom. The van der Waals surface area contributed by atoms with Crippen LogP contribution in [0.1, 0.15) is 55.4 Å². The van der Waals surface area contributed by atoms with E-state index < -0.39 is 0 Å².